The molecular weight excluding hydrogens is 530 g/mol. The van der Waals surface area contributed by atoms with E-state index in [0.29, 0.717) is 17.4 Å². The number of nitrogens with one attached hydrogen (secondary N) is 1. The van der Waals surface area contributed by atoms with Crippen molar-refractivity contribution in [2.24, 2.45) is 0 Å². The molecule has 6 rings (SSSR count). The monoisotopic (exact) mass is 565 g/mol. The van der Waals surface area contributed by atoms with Crippen LogP contribution in [0.3, 0.4) is 0 Å². The first-order chi connectivity index (χ1) is 20.1. The van der Waals surface area contributed by atoms with Crippen LogP contribution in [0, 0.1) is 0 Å². The Labute approximate surface area is 245 Å². The molecule has 7 heteroatoms. The van der Waals surface area contributed by atoms with E-state index in [-0.39, 0.29) is 22.6 Å². The minimum Gasteiger partial charge on any atom is -0.497 e. The van der Waals surface area contributed by atoms with Gasteiger partial charge in [0.05, 0.1) is 24.1 Å². The lowest BCUT2D eigenvalue weighted by atomic mass is 9.62. The molecule has 2 aliphatic carbocycles. The zero-order valence-electron chi connectivity index (χ0n) is 23.4. The van der Waals surface area contributed by atoms with Gasteiger partial charge in [0.2, 0.25) is 5.91 Å². The molecule has 2 aliphatic rings. The second-order valence-electron chi connectivity index (χ2n) is 11.1. The van der Waals surface area contributed by atoms with Crippen LogP contribution in [0.4, 0.5) is 5.69 Å². The molecule has 0 aliphatic heterocycles. The fourth-order valence-electron chi connectivity index (χ4n) is 6.42. The topological polar surface area (TPSA) is 73.2 Å². The van der Waals surface area contributed by atoms with Crippen LogP contribution in [-0.4, -0.2) is 28.3 Å². The molecule has 0 radical (unpaired) electrons. The van der Waals surface area contributed by atoms with Crippen LogP contribution >= 0.6 is 11.8 Å². The fraction of sp³-hybridized carbons (Fsp3) is 0.324. The number of fused-ring (bicyclic) bond motifs is 4. The van der Waals surface area contributed by atoms with Crippen molar-refractivity contribution >= 4 is 23.4 Å². The van der Waals surface area contributed by atoms with Gasteiger partial charge in [0, 0.05) is 23.2 Å². The largest absolute Gasteiger partial charge is 0.497 e. The van der Waals surface area contributed by atoms with Crippen molar-refractivity contribution in [3.63, 3.8) is 0 Å². The summed E-state index contributed by atoms with van der Waals surface area (Å²) in [4.78, 5) is 32.7. The number of hydrogen-bond acceptors (Lipinski definition) is 5. The van der Waals surface area contributed by atoms with Crippen LogP contribution in [0.5, 0.6) is 5.75 Å². The normalized spacial score (nSPS) is 15.1. The third-order valence-corrected chi connectivity index (χ3v) is 9.43. The van der Waals surface area contributed by atoms with Crippen molar-refractivity contribution in [1.29, 1.82) is 0 Å². The van der Waals surface area contributed by atoms with Crippen LogP contribution < -0.4 is 15.6 Å². The van der Waals surface area contributed by atoms with Gasteiger partial charge < -0.3 is 10.1 Å². The van der Waals surface area contributed by atoms with Gasteiger partial charge in [0.1, 0.15) is 5.75 Å². The number of hydrogen-bond donors (Lipinski definition) is 1. The van der Waals surface area contributed by atoms with Gasteiger partial charge in [-0.15, -0.1) is 0 Å². The Morgan fingerprint density at radius 2 is 1.71 bits per heavy atom. The van der Waals surface area contributed by atoms with Crippen LogP contribution in [-0.2, 0) is 29.6 Å². The number of nitrogens with zero attached hydrogens (tertiary/aromatic N) is 2. The Balaban J connectivity index is 1.37. The zero-order valence-corrected chi connectivity index (χ0v) is 24.2. The molecule has 1 aromatic heterocycles. The molecule has 1 heterocycles. The number of rotatable bonds is 8. The van der Waals surface area contributed by atoms with Gasteiger partial charge in [-0.25, -0.2) is 4.98 Å². The summed E-state index contributed by atoms with van der Waals surface area (Å²) in [6.07, 6.45) is 7.12. The van der Waals surface area contributed by atoms with Gasteiger partial charge in [0.15, 0.2) is 5.16 Å². The highest BCUT2D eigenvalue weighted by molar-refractivity contribution is 7.99. The average molecular weight is 566 g/mol. The second kappa shape index (κ2) is 12.0. The minimum atomic E-state index is -0.171. The lowest BCUT2D eigenvalue weighted by Crippen LogP contribution is -2.43. The van der Waals surface area contributed by atoms with Crippen molar-refractivity contribution in [3.05, 3.63) is 106 Å². The summed E-state index contributed by atoms with van der Waals surface area (Å²) in [5.41, 5.74) is 5.77. The number of carbonyl (C=O) groups excluding carboxylic acids is 1. The van der Waals surface area contributed by atoms with E-state index in [2.05, 4.69) is 35.6 Å². The summed E-state index contributed by atoms with van der Waals surface area (Å²) in [6, 6.07) is 25.9. The highest BCUT2D eigenvalue weighted by Crippen LogP contribution is 2.48. The summed E-state index contributed by atoms with van der Waals surface area (Å²) in [5, 5.41) is 3.54. The number of anilines is 1. The van der Waals surface area contributed by atoms with Crippen molar-refractivity contribution in [3.8, 4) is 17.0 Å². The van der Waals surface area contributed by atoms with Gasteiger partial charge in [-0.3, -0.25) is 14.2 Å². The molecule has 41 heavy (non-hydrogen) atoms. The molecule has 0 bridgehead atoms. The second-order valence-corrected chi connectivity index (χ2v) is 12.0. The van der Waals surface area contributed by atoms with Gasteiger partial charge in [-0.2, -0.15) is 0 Å². The lowest BCUT2D eigenvalue weighted by Gasteiger charge is -2.42. The Hall–Kier alpha value is -3.84. The highest BCUT2D eigenvalue weighted by atomic mass is 32.2. The van der Waals surface area contributed by atoms with Crippen molar-refractivity contribution < 1.29 is 9.53 Å². The maximum absolute atomic E-state index is 14.5. The van der Waals surface area contributed by atoms with Crippen LogP contribution in [0.25, 0.3) is 11.3 Å². The maximum atomic E-state index is 14.5. The molecule has 1 N–H and O–H groups in total. The van der Waals surface area contributed by atoms with Crippen molar-refractivity contribution in [1.82, 2.24) is 9.55 Å². The lowest BCUT2D eigenvalue weighted by molar-refractivity contribution is -0.113. The van der Waals surface area contributed by atoms with Gasteiger partial charge in [-0.1, -0.05) is 85.6 Å². The van der Waals surface area contributed by atoms with Crippen LogP contribution in [0.2, 0.25) is 0 Å². The van der Waals surface area contributed by atoms with Gasteiger partial charge >= 0.3 is 0 Å². The average Bonchev–Trinajstić information content (AvgIpc) is 3.01. The van der Waals surface area contributed by atoms with E-state index in [4.69, 9.17) is 9.72 Å². The maximum Gasteiger partial charge on any atom is 0.258 e. The number of aryl methyl sites for hydroxylation is 1. The third kappa shape index (κ3) is 5.68. The molecule has 3 aromatic carbocycles. The fourth-order valence-corrected chi connectivity index (χ4v) is 7.23. The highest BCUT2D eigenvalue weighted by Gasteiger charge is 2.43. The number of ether oxygens (including phenoxy) is 1. The zero-order chi connectivity index (χ0) is 28.2. The number of benzene rings is 3. The molecule has 4 aromatic rings. The quantitative estimate of drug-likeness (QED) is 0.191. The summed E-state index contributed by atoms with van der Waals surface area (Å²) >= 11 is 1.33. The Morgan fingerprint density at radius 3 is 2.46 bits per heavy atom. The third-order valence-electron chi connectivity index (χ3n) is 8.45. The SMILES string of the molecule is COc1ccc(NC(=O)CSc2nc3c(c(=O)n2CCc2ccccc2)C2(CCCCC2)Cc2ccccc2-3)cc1. The molecule has 0 unspecified atom stereocenters. The predicted molar refractivity (Wildman–Crippen MR) is 165 cm³/mol. The molecule has 1 fully saturated rings. The van der Waals surface area contributed by atoms with E-state index in [1.54, 1.807) is 7.11 Å². The Kier molecular flexibility index (Phi) is 7.97. The van der Waals surface area contributed by atoms with Crippen molar-refractivity contribution in [2.75, 3.05) is 18.2 Å². The molecule has 210 valence electrons. The van der Waals surface area contributed by atoms with Crippen LogP contribution in [0.1, 0.15) is 48.8 Å². The first-order valence-corrected chi connectivity index (χ1v) is 15.4. The van der Waals surface area contributed by atoms with Gasteiger partial charge in [0.25, 0.3) is 5.56 Å². The van der Waals surface area contributed by atoms with E-state index < -0.39 is 0 Å². The molecule has 0 atom stereocenters. The molecule has 0 saturated heterocycles. The van der Waals surface area contributed by atoms with E-state index >= 15 is 0 Å². The predicted octanol–water partition coefficient (Wildman–Crippen LogP) is 6.65. The summed E-state index contributed by atoms with van der Waals surface area (Å²) < 4.78 is 7.05. The molecular formula is C34H35N3O3S. The number of thioether (sulfide) groups is 1. The van der Waals surface area contributed by atoms with E-state index in [1.165, 1.54) is 29.3 Å². The molecule has 6 nitrogen and oxygen atoms in total. The first-order valence-electron chi connectivity index (χ1n) is 14.4. The molecule has 1 amide bonds. The van der Waals surface area contributed by atoms with Crippen LogP contribution in [0.15, 0.2) is 88.8 Å². The number of aromatic nitrogens is 2. The molecule has 1 saturated carbocycles. The first kappa shape index (κ1) is 27.3. The van der Waals surface area contributed by atoms with E-state index in [1.807, 2.05) is 53.1 Å². The standard InChI is InChI=1S/C34H35N3O3S/c1-40-27-16-14-26(15-17-27)35-29(38)23-41-33-36-31-28-13-7-6-12-25(28)22-34(19-8-3-9-20-34)30(31)32(39)37(33)21-18-24-10-4-2-5-11-24/h2,4-7,10-17H,3,8-9,18-23H2,1H3,(H,35,38). The minimum absolute atomic E-state index is 0.0559. The number of carbonyl (C=O) groups is 1. The van der Waals surface area contributed by atoms with Gasteiger partial charge in [-0.05, 0) is 61.1 Å². The Bertz CT molecular complexity index is 1590. The number of methoxy groups -OCH3 is 1. The smallest absolute Gasteiger partial charge is 0.258 e. The summed E-state index contributed by atoms with van der Waals surface area (Å²) in [5.74, 6) is 0.732. The Morgan fingerprint density at radius 1 is 0.976 bits per heavy atom. The summed E-state index contributed by atoms with van der Waals surface area (Å²) in [7, 11) is 1.61. The van der Waals surface area contributed by atoms with E-state index in [0.717, 1.165) is 61.1 Å². The number of amides is 1. The van der Waals surface area contributed by atoms with Crippen molar-refractivity contribution in [2.45, 2.75) is 62.1 Å². The molecule has 1 spiro atoms. The van der Waals surface area contributed by atoms with E-state index in [9.17, 15) is 9.59 Å². The summed E-state index contributed by atoms with van der Waals surface area (Å²) in [6.45, 7) is 0.517.